The van der Waals surface area contributed by atoms with E-state index in [1.165, 1.54) is 11.8 Å². The zero-order valence-electron chi connectivity index (χ0n) is 10.5. The summed E-state index contributed by atoms with van der Waals surface area (Å²) in [6.07, 6.45) is 0.806. The molecule has 5 heteroatoms. The van der Waals surface area contributed by atoms with E-state index in [1.807, 2.05) is 11.8 Å². The number of carbonyl (C=O) groups is 1. The van der Waals surface area contributed by atoms with E-state index in [4.69, 9.17) is 6.52 Å². The fraction of sp³-hybridized carbons (Fsp3) is 0.417. The first kappa shape index (κ1) is 12.3. The molecule has 0 saturated carbocycles. The molecule has 4 nitrogen and oxygen atoms in total. The normalized spacial score (nSPS) is 11.0. The topological polar surface area (TPSA) is 83.6 Å². The van der Waals surface area contributed by atoms with Crippen LogP contribution in [0, 0.1) is 0 Å². The minimum absolute atomic E-state index is 0.120. The standard InChI is InChI=1S/C12H17NO3S/c13-12(16)4-2-9-1-3-11(15)10(7-9)8-17-6-5-14/h1,3,7,14-15H,2,4-6,8H2,(H2,13,16)/i/hT. The summed E-state index contributed by atoms with van der Waals surface area (Å²) in [6.45, 7) is 0.120. The van der Waals surface area contributed by atoms with Crippen molar-refractivity contribution in [1.82, 2.24) is 0 Å². The van der Waals surface area contributed by atoms with Gasteiger partial charge in [-0.25, -0.2) is 0 Å². The summed E-state index contributed by atoms with van der Waals surface area (Å²) >= 11 is 1.54. The van der Waals surface area contributed by atoms with Crippen LogP contribution in [-0.4, -0.2) is 28.5 Å². The Hall–Kier alpha value is -1.20. The zero-order chi connectivity index (χ0) is 13.4. The molecular formula is C12H17NO3S. The molecule has 0 spiro atoms. The first-order valence-corrected chi connectivity index (χ1v) is 6.52. The summed E-state index contributed by atoms with van der Waals surface area (Å²) in [5.41, 5.74) is 3.59. The molecule has 0 aliphatic carbocycles. The van der Waals surface area contributed by atoms with Crippen LogP contribution in [0.15, 0.2) is 18.2 Å². The molecule has 4 N–H and O–H groups in total. The molecule has 0 bridgehead atoms. The molecule has 17 heavy (non-hydrogen) atoms. The number of hydrogen-bond acceptors (Lipinski definition) is 4. The lowest BCUT2D eigenvalue weighted by atomic mass is 10.1. The van der Waals surface area contributed by atoms with Crippen LogP contribution in [0.3, 0.4) is 0 Å². The molecule has 94 valence electrons. The molecule has 0 radical (unpaired) electrons. The van der Waals surface area contributed by atoms with Gasteiger partial charge >= 0.3 is 0 Å². The number of aliphatic hydroxyl groups is 1. The van der Waals surface area contributed by atoms with Crippen LogP contribution >= 0.6 is 11.8 Å². The van der Waals surface area contributed by atoms with Gasteiger partial charge in [0.25, 0.3) is 0 Å². The highest BCUT2D eigenvalue weighted by molar-refractivity contribution is 7.98. The van der Waals surface area contributed by atoms with Gasteiger partial charge in [0, 0.05) is 23.5 Å². The SMILES string of the molecule is [3H]NC(=O)CCc1ccc(O)c(CSCCO)c1. The van der Waals surface area contributed by atoms with Gasteiger partial charge in [0.2, 0.25) is 5.91 Å². The largest absolute Gasteiger partial charge is 0.508 e. The molecule has 0 aliphatic rings. The van der Waals surface area contributed by atoms with Crippen LogP contribution < -0.4 is 5.73 Å². The Kier molecular flexibility index (Phi) is 5.19. The predicted octanol–water partition coefficient (Wildman–Crippen LogP) is 1.04. The Labute approximate surface area is 106 Å². The molecule has 0 saturated heterocycles. The van der Waals surface area contributed by atoms with Crippen LogP contribution in [0.5, 0.6) is 5.75 Å². The van der Waals surface area contributed by atoms with Crippen LogP contribution in [0.4, 0.5) is 0 Å². The van der Waals surface area contributed by atoms with Crippen LogP contribution in [0.25, 0.3) is 0 Å². The van der Waals surface area contributed by atoms with Gasteiger partial charge in [-0.1, -0.05) is 12.1 Å². The van der Waals surface area contributed by atoms with E-state index in [1.54, 1.807) is 12.1 Å². The first-order chi connectivity index (χ1) is 8.67. The van der Waals surface area contributed by atoms with Crippen molar-refractivity contribution in [2.75, 3.05) is 12.4 Å². The number of nitrogens with two attached hydrogens (primary N) is 1. The highest BCUT2D eigenvalue weighted by atomic mass is 32.2. The van der Waals surface area contributed by atoms with E-state index >= 15 is 0 Å². The number of phenols is 1. The van der Waals surface area contributed by atoms with E-state index in [9.17, 15) is 9.90 Å². The molecule has 0 unspecified atom stereocenters. The molecule has 0 aromatic heterocycles. The van der Waals surface area contributed by atoms with Gasteiger partial charge in [0.15, 0.2) is 1.41 Å². The van der Waals surface area contributed by atoms with Crippen molar-refractivity contribution in [2.45, 2.75) is 18.6 Å². The number of benzene rings is 1. The lowest BCUT2D eigenvalue weighted by Gasteiger charge is -2.07. The van der Waals surface area contributed by atoms with Gasteiger partial charge in [-0.2, -0.15) is 11.8 Å². The predicted molar refractivity (Wildman–Crippen MR) is 68.9 cm³/mol. The third-order valence-corrected chi connectivity index (χ3v) is 3.26. The number of thioether (sulfide) groups is 1. The number of aromatic hydroxyl groups is 1. The van der Waals surface area contributed by atoms with Gasteiger partial charge in [0.05, 0.1) is 6.61 Å². The minimum Gasteiger partial charge on any atom is -0.508 e. The molecule has 1 aromatic carbocycles. The number of aliphatic hydroxyl groups excluding tert-OH is 1. The van der Waals surface area contributed by atoms with Crippen molar-refractivity contribution < 1.29 is 16.4 Å². The number of primary amides is 1. The minimum atomic E-state index is -0.320. The summed E-state index contributed by atoms with van der Waals surface area (Å²) in [6, 6.07) is 5.24. The fourth-order valence-corrected chi connectivity index (χ4v) is 2.14. The van der Waals surface area contributed by atoms with Crippen LogP contribution in [-0.2, 0) is 17.0 Å². The lowest BCUT2D eigenvalue weighted by molar-refractivity contribution is -0.117. The number of hydrogen-bond donors (Lipinski definition) is 3. The maximum atomic E-state index is 11.0. The lowest BCUT2D eigenvalue weighted by Crippen LogP contribution is -2.11. The van der Waals surface area contributed by atoms with Gasteiger partial charge in [-0.15, -0.1) is 0 Å². The molecule has 0 fully saturated rings. The van der Waals surface area contributed by atoms with E-state index in [0.29, 0.717) is 17.9 Å². The number of phenolic OH excluding ortho intramolecular Hbond substituents is 1. The Morgan fingerprint density at radius 2 is 2.35 bits per heavy atom. The quantitative estimate of drug-likeness (QED) is 0.637. The molecule has 1 rings (SSSR count). The highest BCUT2D eigenvalue weighted by Crippen LogP contribution is 2.23. The number of rotatable bonds is 7. The van der Waals surface area contributed by atoms with Crippen molar-refractivity contribution in [3.05, 3.63) is 29.3 Å². The van der Waals surface area contributed by atoms with Crippen molar-refractivity contribution >= 4 is 17.7 Å². The van der Waals surface area contributed by atoms with Gasteiger partial charge in [-0.3, -0.25) is 4.79 Å². The Morgan fingerprint density at radius 3 is 3.06 bits per heavy atom. The highest BCUT2D eigenvalue weighted by Gasteiger charge is 2.04. The smallest absolute Gasteiger partial charge is 0.217 e. The Bertz CT molecular complexity index is 401. The third kappa shape index (κ3) is 5.10. The molecule has 1 aromatic rings. The molecule has 1 amide bonds. The van der Waals surface area contributed by atoms with Crippen molar-refractivity contribution in [3.63, 3.8) is 0 Å². The zero-order valence-corrected chi connectivity index (χ0v) is 10.3. The summed E-state index contributed by atoms with van der Waals surface area (Å²) < 4.78 is 6.70. The van der Waals surface area contributed by atoms with E-state index in [-0.39, 0.29) is 24.7 Å². The summed E-state index contributed by atoms with van der Waals surface area (Å²) in [4.78, 5) is 11.0. The van der Waals surface area contributed by atoms with Gasteiger partial charge in [-0.05, 0) is 18.1 Å². The van der Waals surface area contributed by atoms with Crippen molar-refractivity contribution in [3.8, 4) is 5.75 Å². The van der Waals surface area contributed by atoms with Crippen LogP contribution in [0.1, 0.15) is 17.5 Å². The summed E-state index contributed by atoms with van der Waals surface area (Å²) in [5.74, 6) is 1.17. The van der Waals surface area contributed by atoms with E-state index in [2.05, 4.69) is 0 Å². The molecule has 0 heterocycles. The first-order valence-electron chi connectivity index (χ1n) is 5.87. The maximum Gasteiger partial charge on any atom is 0.217 e. The van der Waals surface area contributed by atoms with Crippen molar-refractivity contribution in [2.24, 2.45) is 5.73 Å². The monoisotopic (exact) mass is 257 g/mol. The number of carbonyl (C=O) groups excluding carboxylic acids is 1. The average molecular weight is 257 g/mol. The van der Waals surface area contributed by atoms with E-state index in [0.717, 1.165) is 11.1 Å². The molecule has 0 aliphatic heterocycles. The van der Waals surface area contributed by atoms with Crippen LogP contribution in [0.2, 0.25) is 1.41 Å². The second-order valence-corrected chi connectivity index (χ2v) is 4.77. The second kappa shape index (κ2) is 7.19. The fourth-order valence-electron chi connectivity index (χ4n) is 1.41. The molecular weight excluding hydrogens is 238 g/mol. The number of aryl methyl sites for hydroxylation is 1. The Balaban J connectivity index is 2.59. The second-order valence-electron chi connectivity index (χ2n) is 3.66. The molecule has 0 atom stereocenters. The third-order valence-electron chi connectivity index (χ3n) is 2.28. The average Bonchev–Trinajstić information content (AvgIpc) is 2.39. The number of amides is 1. The van der Waals surface area contributed by atoms with Gasteiger partial charge < -0.3 is 15.9 Å². The summed E-state index contributed by atoms with van der Waals surface area (Å²) in [5, 5.41) is 18.4. The Morgan fingerprint density at radius 1 is 1.53 bits per heavy atom. The van der Waals surface area contributed by atoms with E-state index < -0.39 is 0 Å². The maximum absolute atomic E-state index is 11.0. The van der Waals surface area contributed by atoms with Crippen molar-refractivity contribution in [1.29, 1.82) is 0 Å². The summed E-state index contributed by atoms with van der Waals surface area (Å²) in [7, 11) is 0. The van der Waals surface area contributed by atoms with Gasteiger partial charge in [0.1, 0.15) is 5.75 Å².